The van der Waals surface area contributed by atoms with Crippen molar-refractivity contribution < 1.29 is 9.90 Å². The third-order valence-electron chi connectivity index (χ3n) is 3.15. The fourth-order valence-corrected chi connectivity index (χ4v) is 2.19. The largest absolute Gasteiger partial charge is 0.391 e. The minimum absolute atomic E-state index is 0.237. The van der Waals surface area contributed by atoms with Gasteiger partial charge in [0.05, 0.1) is 18.6 Å². The van der Waals surface area contributed by atoms with Crippen LogP contribution in [0.15, 0.2) is 42.9 Å². The van der Waals surface area contributed by atoms with Crippen molar-refractivity contribution in [3.63, 3.8) is 0 Å². The summed E-state index contributed by atoms with van der Waals surface area (Å²) in [6.45, 7) is 4.32. The van der Waals surface area contributed by atoms with E-state index in [0.717, 1.165) is 5.69 Å². The fraction of sp³-hybridized carbons (Fsp3) is 0.375. The number of carbonyl (C=O) groups is 1. The minimum Gasteiger partial charge on any atom is -0.391 e. The maximum absolute atomic E-state index is 12.2. The molecule has 0 fully saturated rings. The van der Waals surface area contributed by atoms with E-state index in [1.165, 1.54) is 6.20 Å². The molecule has 0 aliphatic heterocycles. The lowest BCUT2D eigenvalue weighted by Gasteiger charge is -2.14. The summed E-state index contributed by atoms with van der Waals surface area (Å²) in [5.41, 5.74) is 1.33. The Morgan fingerprint density at radius 3 is 2.71 bits per heavy atom. The fourth-order valence-electron chi connectivity index (χ4n) is 2.19. The van der Waals surface area contributed by atoms with Crippen LogP contribution in [-0.4, -0.2) is 33.2 Å². The van der Waals surface area contributed by atoms with Gasteiger partial charge in [-0.05, 0) is 24.5 Å². The Bertz CT molecular complexity index is 578. The van der Waals surface area contributed by atoms with Crippen molar-refractivity contribution in [2.45, 2.75) is 26.4 Å². The molecule has 1 unspecified atom stereocenters. The van der Waals surface area contributed by atoms with Gasteiger partial charge in [-0.1, -0.05) is 32.0 Å². The molecule has 1 amide bonds. The van der Waals surface area contributed by atoms with E-state index in [2.05, 4.69) is 10.3 Å². The molecule has 0 spiro atoms. The maximum Gasteiger partial charge on any atom is 0.270 e. The van der Waals surface area contributed by atoms with Crippen LogP contribution in [0.3, 0.4) is 0 Å². The second-order valence-corrected chi connectivity index (χ2v) is 5.48. The molecule has 0 aliphatic carbocycles. The van der Waals surface area contributed by atoms with Crippen molar-refractivity contribution in [2.24, 2.45) is 5.92 Å². The molecule has 0 saturated carbocycles. The van der Waals surface area contributed by atoms with E-state index in [1.807, 2.05) is 44.2 Å². The smallest absolute Gasteiger partial charge is 0.270 e. The first-order chi connectivity index (χ1) is 10.1. The van der Waals surface area contributed by atoms with Crippen molar-refractivity contribution in [1.82, 2.24) is 14.9 Å². The van der Waals surface area contributed by atoms with Gasteiger partial charge in [-0.15, -0.1) is 0 Å². The summed E-state index contributed by atoms with van der Waals surface area (Å²) in [6, 6.07) is 9.55. The Hall–Kier alpha value is -2.14. The highest BCUT2D eigenvalue weighted by molar-refractivity contribution is 5.93. The van der Waals surface area contributed by atoms with E-state index in [1.54, 1.807) is 10.9 Å². The number of carbonyl (C=O) groups excluding carboxylic acids is 1. The van der Waals surface area contributed by atoms with Gasteiger partial charge in [0.15, 0.2) is 0 Å². The van der Waals surface area contributed by atoms with Crippen LogP contribution in [0, 0.1) is 5.92 Å². The second kappa shape index (κ2) is 7.04. The monoisotopic (exact) mass is 287 g/mol. The number of rotatable bonds is 6. The SMILES string of the molecule is CC(C)CC(O)CNC(=O)c1cncn1-c1ccccc1. The molecule has 21 heavy (non-hydrogen) atoms. The maximum atomic E-state index is 12.2. The molecule has 112 valence electrons. The quantitative estimate of drug-likeness (QED) is 0.854. The number of hydrogen-bond donors (Lipinski definition) is 2. The molecule has 0 bridgehead atoms. The van der Waals surface area contributed by atoms with Crippen LogP contribution in [0.2, 0.25) is 0 Å². The second-order valence-electron chi connectivity index (χ2n) is 5.48. The summed E-state index contributed by atoms with van der Waals surface area (Å²) in [5.74, 6) is 0.158. The predicted molar refractivity (Wildman–Crippen MR) is 81.4 cm³/mol. The molecule has 1 aromatic heterocycles. The number of amides is 1. The molecule has 2 aromatic rings. The number of aromatic nitrogens is 2. The van der Waals surface area contributed by atoms with E-state index in [-0.39, 0.29) is 12.5 Å². The number of nitrogens with one attached hydrogen (secondary N) is 1. The van der Waals surface area contributed by atoms with Crippen molar-refractivity contribution in [2.75, 3.05) is 6.54 Å². The molecule has 0 radical (unpaired) electrons. The van der Waals surface area contributed by atoms with Crippen LogP contribution < -0.4 is 5.32 Å². The number of para-hydroxylation sites is 1. The highest BCUT2D eigenvalue weighted by Gasteiger charge is 2.14. The molecule has 5 heteroatoms. The zero-order valence-electron chi connectivity index (χ0n) is 12.4. The molecule has 2 rings (SSSR count). The normalized spacial score (nSPS) is 12.4. The lowest BCUT2D eigenvalue weighted by Crippen LogP contribution is -2.33. The summed E-state index contributed by atoms with van der Waals surface area (Å²) in [7, 11) is 0. The Labute approximate surface area is 124 Å². The number of hydrogen-bond acceptors (Lipinski definition) is 3. The molecule has 0 saturated heterocycles. The summed E-state index contributed by atoms with van der Waals surface area (Å²) in [5, 5.41) is 12.6. The Morgan fingerprint density at radius 1 is 1.33 bits per heavy atom. The van der Waals surface area contributed by atoms with Gasteiger partial charge in [0.1, 0.15) is 5.69 Å². The third kappa shape index (κ3) is 4.16. The lowest BCUT2D eigenvalue weighted by molar-refractivity contribution is 0.0893. The zero-order chi connectivity index (χ0) is 15.2. The van der Waals surface area contributed by atoms with Gasteiger partial charge in [-0.3, -0.25) is 9.36 Å². The van der Waals surface area contributed by atoms with Crippen LogP contribution in [0.5, 0.6) is 0 Å². The number of aliphatic hydroxyl groups excluding tert-OH is 1. The van der Waals surface area contributed by atoms with E-state index in [4.69, 9.17) is 0 Å². The molecule has 2 N–H and O–H groups in total. The first-order valence-corrected chi connectivity index (χ1v) is 7.12. The van der Waals surface area contributed by atoms with Gasteiger partial charge < -0.3 is 10.4 Å². The zero-order valence-corrected chi connectivity index (χ0v) is 12.4. The van der Waals surface area contributed by atoms with E-state index in [9.17, 15) is 9.90 Å². The van der Waals surface area contributed by atoms with Crippen LogP contribution in [-0.2, 0) is 0 Å². The van der Waals surface area contributed by atoms with E-state index < -0.39 is 6.10 Å². The van der Waals surface area contributed by atoms with Crippen molar-refractivity contribution >= 4 is 5.91 Å². The Balaban J connectivity index is 2.03. The molecule has 1 aromatic carbocycles. The molecule has 5 nitrogen and oxygen atoms in total. The minimum atomic E-state index is -0.526. The molecule has 0 aliphatic rings. The van der Waals surface area contributed by atoms with Gasteiger partial charge in [-0.25, -0.2) is 4.98 Å². The van der Waals surface area contributed by atoms with Crippen molar-refractivity contribution in [1.29, 1.82) is 0 Å². The predicted octanol–water partition coefficient (Wildman–Crippen LogP) is 2.01. The van der Waals surface area contributed by atoms with Crippen molar-refractivity contribution in [3.05, 3.63) is 48.5 Å². The van der Waals surface area contributed by atoms with Crippen LogP contribution in [0.25, 0.3) is 5.69 Å². The van der Waals surface area contributed by atoms with Gasteiger partial charge in [-0.2, -0.15) is 0 Å². The first kappa shape index (κ1) is 15.3. The number of benzene rings is 1. The van der Waals surface area contributed by atoms with Gasteiger partial charge in [0.25, 0.3) is 5.91 Å². The van der Waals surface area contributed by atoms with Crippen molar-refractivity contribution in [3.8, 4) is 5.69 Å². The van der Waals surface area contributed by atoms with Gasteiger partial charge in [0, 0.05) is 12.2 Å². The summed E-state index contributed by atoms with van der Waals surface area (Å²) < 4.78 is 1.73. The Morgan fingerprint density at radius 2 is 2.05 bits per heavy atom. The van der Waals surface area contributed by atoms with Crippen LogP contribution in [0.4, 0.5) is 0 Å². The average molecular weight is 287 g/mol. The standard InChI is InChI=1S/C16H21N3O2/c1-12(2)8-14(20)9-18-16(21)15-10-17-11-19(15)13-6-4-3-5-7-13/h3-7,10-12,14,20H,8-9H2,1-2H3,(H,18,21). The average Bonchev–Trinajstić information content (AvgIpc) is 2.94. The molecular formula is C16H21N3O2. The lowest BCUT2D eigenvalue weighted by atomic mass is 10.1. The van der Waals surface area contributed by atoms with E-state index >= 15 is 0 Å². The number of aliphatic hydroxyl groups is 1. The number of nitrogens with zero attached hydrogens (tertiary/aromatic N) is 2. The van der Waals surface area contributed by atoms with Crippen LogP contribution in [0.1, 0.15) is 30.8 Å². The van der Waals surface area contributed by atoms with Crippen LogP contribution >= 0.6 is 0 Å². The van der Waals surface area contributed by atoms with E-state index in [0.29, 0.717) is 18.0 Å². The summed E-state index contributed by atoms with van der Waals surface area (Å²) in [4.78, 5) is 16.2. The molecule has 1 atom stereocenters. The Kier molecular flexibility index (Phi) is 5.11. The van der Waals surface area contributed by atoms with Gasteiger partial charge >= 0.3 is 0 Å². The first-order valence-electron chi connectivity index (χ1n) is 7.12. The van der Waals surface area contributed by atoms with Gasteiger partial charge in [0.2, 0.25) is 0 Å². The topological polar surface area (TPSA) is 67.2 Å². The third-order valence-corrected chi connectivity index (χ3v) is 3.15. The molecular weight excluding hydrogens is 266 g/mol. The molecule has 1 heterocycles. The summed E-state index contributed by atoms with van der Waals surface area (Å²) in [6.07, 6.45) is 3.27. The highest BCUT2D eigenvalue weighted by atomic mass is 16.3. The number of imidazole rings is 1. The summed E-state index contributed by atoms with van der Waals surface area (Å²) >= 11 is 0. The highest BCUT2D eigenvalue weighted by Crippen LogP contribution is 2.11.